The summed E-state index contributed by atoms with van der Waals surface area (Å²) in [7, 11) is -3.40. The van der Waals surface area contributed by atoms with E-state index in [9.17, 15) is 8.42 Å². The van der Waals surface area contributed by atoms with Gasteiger partial charge in [-0.15, -0.1) is 0 Å². The lowest BCUT2D eigenvalue weighted by atomic mass is 10.1. The average molecular weight is 287 g/mol. The number of piperidine rings is 1. The molecule has 1 fully saturated rings. The van der Waals surface area contributed by atoms with E-state index in [1.807, 2.05) is 6.92 Å². The molecule has 1 aliphatic heterocycles. The number of sulfone groups is 1. The standard InChI is InChI=1S/C11H21N5O2S/c1-3-16-10(12)9(19(2,17)18)11(15-16)14-8-5-4-6-13-7-8/h8,13H,3-7,12H2,1-2H3,(H,14,15). The van der Waals surface area contributed by atoms with Crippen LogP contribution in [0.4, 0.5) is 11.6 Å². The van der Waals surface area contributed by atoms with E-state index in [1.54, 1.807) is 0 Å². The van der Waals surface area contributed by atoms with Crippen LogP contribution in [0, 0.1) is 0 Å². The number of nitrogens with zero attached hydrogens (tertiary/aromatic N) is 2. The molecule has 0 aromatic carbocycles. The van der Waals surface area contributed by atoms with E-state index >= 15 is 0 Å². The molecule has 8 heteroatoms. The summed E-state index contributed by atoms with van der Waals surface area (Å²) in [5.41, 5.74) is 5.87. The van der Waals surface area contributed by atoms with Gasteiger partial charge in [0, 0.05) is 25.4 Å². The Morgan fingerprint density at radius 3 is 2.84 bits per heavy atom. The van der Waals surface area contributed by atoms with Crippen molar-refractivity contribution in [1.82, 2.24) is 15.1 Å². The lowest BCUT2D eigenvalue weighted by molar-refractivity contribution is 0.477. The molecule has 7 nitrogen and oxygen atoms in total. The fraction of sp³-hybridized carbons (Fsp3) is 0.727. The van der Waals surface area contributed by atoms with Crippen LogP contribution in [0.1, 0.15) is 19.8 Å². The Balaban J connectivity index is 2.33. The second kappa shape index (κ2) is 5.38. The van der Waals surface area contributed by atoms with E-state index < -0.39 is 9.84 Å². The highest BCUT2D eigenvalue weighted by Crippen LogP contribution is 2.28. The average Bonchev–Trinajstić information content (AvgIpc) is 2.66. The van der Waals surface area contributed by atoms with Crippen molar-refractivity contribution in [2.24, 2.45) is 0 Å². The summed E-state index contributed by atoms with van der Waals surface area (Å²) in [6.07, 6.45) is 3.22. The molecule has 1 unspecified atom stereocenters. The van der Waals surface area contributed by atoms with E-state index in [1.165, 1.54) is 4.68 Å². The van der Waals surface area contributed by atoms with Crippen molar-refractivity contribution in [3.63, 3.8) is 0 Å². The highest BCUT2D eigenvalue weighted by molar-refractivity contribution is 7.91. The number of aryl methyl sites for hydroxylation is 1. The molecule has 1 aliphatic rings. The van der Waals surface area contributed by atoms with Gasteiger partial charge < -0.3 is 16.4 Å². The van der Waals surface area contributed by atoms with Crippen molar-refractivity contribution < 1.29 is 8.42 Å². The van der Waals surface area contributed by atoms with Gasteiger partial charge in [0.25, 0.3) is 0 Å². The van der Waals surface area contributed by atoms with Crippen LogP contribution >= 0.6 is 0 Å². The number of nitrogen functional groups attached to an aromatic ring is 1. The van der Waals surface area contributed by atoms with E-state index in [2.05, 4.69) is 15.7 Å². The summed E-state index contributed by atoms with van der Waals surface area (Å²) in [4.78, 5) is 0.111. The second-order valence-electron chi connectivity index (χ2n) is 4.84. The van der Waals surface area contributed by atoms with Gasteiger partial charge in [0.05, 0.1) is 0 Å². The van der Waals surface area contributed by atoms with Crippen molar-refractivity contribution >= 4 is 21.5 Å². The quantitative estimate of drug-likeness (QED) is 0.723. The predicted molar refractivity (Wildman–Crippen MR) is 74.9 cm³/mol. The van der Waals surface area contributed by atoms with Crippen LogP contribution in [0.25, 0.3) is 0 Å². The van der Waals surface area contributed by atoms with Gasteiger partial charge in [-0.05, 0) is 26.3 Å². The number of hydrogen-bond acceptors (Lipinski definition) is 6. The van der Waals surface area contributed by atoms with Crippen molar-refractivity contribution in [1.29, 1.82) is 0 Å². The monoisotopic (exact) mass is 287 g/mol. The molecule has 1 aromatic heterocycles. The van der Waals surface area contributed by atoms with Crippen LogP contribution in [0.5, 0.6) is 0 Å². The molecule has 0 bridgehead atoms. The molecule has 0 aliphatic carbocycles. The number of nitrogens with two attached hydrogens (primary N) is 1. The lowest BCUT2D eigenvalue weighted by Gasteiger charge is -2.23. The van der Waals surface area contributed by atoms with Gasteiger partial charge in [-0.1, -0.05) is 0 Å². The maximum absolute atomic E-state index is 11.9. The molecule has 108 valence electrons. The molecule has 0 radical (unpaired) electrons. The van der Waals surface area contributed by atoms with Crippen molar-refractivity contribution in [3.8, 4) is 0 Å². The first-order valence-corrected chi connectivity index (χ1v) is 8.36. The minimum Gasteiger partial charge on any atom is -0.383 e. The Kier molecular flexibility index (Phi) is 4.00. The first-order chi connectivity index (χ1) is 8.93. The summed E-state index contributed by atoms with van der Waals surface area (Å²) in [6, 6.07) is 0.189. The molecule has 1 saturated heterocycles. The molecular formula is C11H21N5O2S. The van der Waals surface area contributed by atoms with Gasteiger partial charge >= 0.3 is 0 Å². The van der Waals surface area contributed by atoms with Crippen LogP contribution < -0.4 is 16.4 Å². The molecule has 1 aromatic rings. The number of anilines is 2. The van der Waals surface area contributed by atoms with Gasteiger partial charge in [0.15, 0.2) is 20.6 Å². The van der Waals surface area contributed by atoms with Crippen molar-refractivity contribution in [3.05, 3.63) is 0 Å². The minimum absolute atomic E-state index is 0.111. The molecule has 2 heterocycles. The van der Waals surface area contributed by atoms with E-state index in [-0.39, 0.29) is 16.8 Å². The van der Waals surface area contributed by atoms with E-state index in [0.717, 1.165) is 32.2 Å². The van der Waals surface area contributed by atoms with Gasteiger partial charge in [-0.2, -0.15) is 5.10 Å². The van der Waals surface area contributed by atoms with Crippen LogP contribution in [0.2, 0.25) is 0 Å². The molecule has 19 heavy (non-hydrogen) atoms. The van der Waals surface area contributed by atoms with Gasteiger partial charge in [0.2, 0.25) is 0 Å². The third-order valence-corrected chi connectivity index (χ3v) is 4.40. The molecule has 2 rings (SSSR count). The fourth-order valence-corrected chi connectivity index (χ4v) is 3.26. The topological polar surface area (TPSA) is 102 Å². The summed E-state index contributed by atoms with van der Waals surface area (Å²) < 4.78 is 25.2. The van der Waals surface area contributed by atoms with Crippen molar-refractivity contribution in [2.75, 3.05) is 30.4 Å². The Hall–Kier alpha value is -1.28. The fourth-order valence-electron chi connectivity index (χ4n) is 2.33. The van der Waals surface area contributed by atoms with Crippen LogP contribution in [-0.4, -0.2) is 43.6 Å². The number of aromatic nitrogens is 2. The molecule has 0 amide bonds. The highest BCUT2D eigenvalue weighted by Gasteiger charge is 2.25. The number of rotatable bonds is 4. The smallest absolute Gasteiger partial charge is 0.182 e. The summed E-state index contributed by atoms with van der Waals surface area (Å²) in [5.74, 6) is 0.576. The highest BCUT2D eigenvalue weighted by atomic mass is 32.2. The van der Waals surface area contributed by atoms with Gasteiger partial charge in [-0.3, -0.25) is 0 Å². The zero-order valence-corrected chi connectivity index (χ0v) is 12.1. The number of hydrogen-bond donors (Lipinski definition) is 3. The maximum atomic E-state index is 11.9. The van der Waals surface area contributed by atoms with Crippen molar-refractivity contribution in [2.45, 2.75) is 37.2 Å². The van der Waals surface area contributed by atoms with Crippen LogP contribution in [0.3, 0.4) is 0 Å². The summed E-state index contributed by atoms with van der Waals surface area (Å²) in [5, 5.41) is 10.7. The SMILES string of the molecule is CCn1nc(NC2CCCNC2)c(S(C)(=O)=O)c1N. The zero-order chi connectivity index (χ0) is 14.0. The largest absolute Gasteiger partial charge is 0.383 e. The molecule has 0 saturated carbocycles. The third-order valence-electron chi connectivity index (χ3n) is 3.25. The zero-order valence-electron chi connectivity index (χ0n) is 11.3. The Morgan fingerprint density at radius 1 is 1.58 bits per heavy atom. The molecule has 1 atom stereocenters. The van der Waals surface area contributed by atoms with Crippen LogP contribution in [0.15, 0.2) is 4.90 Å². The first kappa shape index (κ1) is 14.1. The maximum Gasteiger partial charge on any atom is 0.182 e. The van der Waals surface area contributed by atoms with Crippen LogP contribution in [-0.2, 0) is 16.4 Å². The Bertz CT molecular complexity index is 546. The first-order valence-electron chi connectivity index (χ1n) is 6.47. The van der Waals surface area contributed by atoms with E-state index in [4.69, 9.17) is 5.73 Å². The normalized spacial score (nSPS) is 20.4. The third kappa shape index (κ3) is 3.01. The number of nitrogens with one attached hydrogen (secondary N) is 2. The Morgan fingerprint density at radius 2 is 2.32 bits per heavy atom. The summed E-state index contributed by atoms with van der Waals surface area (Å²) >= 11 is 0. The molecular weight excluding hydrogens is 266 g/mol. The summed E-state index contributed by atoms with van der Waals surface area (Å²) in [6.45, 7) is 4.23. The predicted octanol–water partition coefficient (Wildman–Crippen LogP) is 0.0526. The van der Waals surface area contributed by atoms with Gasteiger partial charge in [0.1, 0.15) is 5.82 Å². The molecule has 0 spiro atoms. The Labute approximate surface area is 113 Å². The molecule has 4 N–H and O–H groups in total. The lowest BCUT2D eigenvalue weighted by Crippen LogP contribution is -2.38. The van der Waals surface area contributed by atoms with E-state index in [0.29, 0.717) is 12.4 Å². The minimum atomic E-state index is -3.40. The van der Waals surface area contributed by atoms with Gasteiger partial charge in [-0.25, -0.2) is 13.1 Å². The second-order valence-corrected chi connectivity index (χ2v) is 6.79.